The van der Waals surface area contributed by atoms with Gasteiger partial charge in [-0.15, -0.1) is 5.10 Å². The number of fused-ring (bicyclic) bond motifs is 3. The van der Waals surface area contributed by atoms with Crippen LogP contribution in [0.4, 0.5) is 4.39 Å². The molecule has 2 aliphatic heterocycles. The van der Waals surface area contributed by atoms with Gasteiger partial charge in [0.25, 0.3) is 5.56 Å². The first kappa shape index (κ1) is 21.4. The van der Waals surface area contributed by atoms with Crippen molar-refractivity contribution in [3.8, 4) is 16.8 Å². The van der Waals surface area contributed by atoms with Crippen LogP contribution in [0, 0.1) is 18.7 Å². The third-order valence-corrected chi connectivity index (χ3v) is 7.68. The number of tetrazole rings is 1. The first-order chi connectivity index (χ1) is 17.5. The number of allylic oxidation sites excluding steroid dienone is 1. The van der Waals surface area contributed by atoms with E-state index in [2.05, 4.69) is 26.6 Å². The average molecular weight is 499 g/mol. The lowest BCUT2D eigenvalue weighted by Gasteiger charge is -2.20. The molecule has 36 heavy (non-hydrogen) atoms. The SMILES string of the molecule is Cc1ccc(C2=NC=C(C3C4CC4c4cc(-c5cc(Cl)ccc5-n5cnnn5)cc(=O)n43)C2)c(F)c1. The van der Waals surface area contributed by atoms with Crippen LogP contribution in [0.25, 0.3) is 16.8 Å². The number of aryl methyl sites for hydroxylation is 1. The van der Waals surface area contributed by atoms with Crippen molar-refractivity contribution >= 4 is 17.3 Å². The van der Waals surface area contributed by atoms with Crippen LogP contribution in [0.1, 0.15) is 41.6 Å². The van der Waals surface area contributed by atoms with Gasteiger partial charge in [-0.05, 0) is 82.8 Å². The molecule has 7 nitrogen and oxygen atoms in total. The van der Waals surface area contributed by atoms with Gasteiger partial charge >= 0.3 is 0 Å². The molecular weight excluding hydrogens is 479 g/mol. The molecule has 0 bridgehead atoms. The smallest absolute Gasteiger partial charge is 0.251 e. The maximum absolute atomic E-state index is 14.6. The second kappa shape index (κ2) is 7.80. The molecule has 0 spiro atoms. The number of nitrogens with zero attached hydrogens (tertiary/aromatic N) is 6. The molecule has 1 fully saturated rings. The molecule has 9 heteroatoms. The van der Waals surface area contributed by atoms with Crippen LogP contribution in [0.5, 0.6) is 0 Å². The summed E-state index contributed by atoms with van der Waals surface area (Å²) >= 11 is 6.32. The molecular formula is C27H20ClFN6O. The zero-order valence-corrected chi connectivity index (χ0v) is 20.0. The molecule has 3 aliphatic rings. The standard InChI is InChI=1S/C27H20ClFN6O/c1-14-2-4-18(22(29)6-14)23-7-16(12-30-23)27-21-11-20(21)25-8-15(9-26(36)35(25)27)19-10-17(28)3-5-24(19)34-13-31-32-33-34/h2-6,8-10,12-13,20-21,27H,7,11H2,1H3. The fourth-order valence-electron chi connectivity index (χ4n) is 5.73. The van der Waals surface area contributed by atoms with E-state index in [4.69, 9.17) is 11.6 Å². The summed E-state index contributed by atoms with van der Waals surface area (Å²) in [5, 5.41) is 12.0. The molecule has 7 rings (SSSR count). The molecule has 4 aromatic rings. The van der Waals surface area contributed by atoms with Gasteiger partial charge in [0, 0.05) is 46.4 Å². The summed E-state index contributed by atoms with van der Waals surface area (Å²) in [6.45, 7) is 1.87. The first-order valence-electron chi connectivity index (χ1n) is 11.8. The molecule has 3 atom stereocenters. The van der Waals surface area contributed by atoms with Crippen molar-refractivity contribution in [1.29, 1.82) is 0 Å². The van der Waals surface area contributed by atoms with Gasteiger partial charge in [-0.2, -0.15) is 4.68 Å². The quantitative estimate of drug-likeness (QED) is 0.395. The van der Waals surface area contributed by atoms with Crippen LogP contribution in [-0.4, -0.2) is 30.5 Å². The molecule has 4 heterocycles. The summed E-state index contributed by atoms with van der Waals surface area (Å²) < 4.78 is 18.0. The number of aromatic nitrogens is 5. The van der Waals surface area contributed by atoms with E-state index in [0.717, 1.165) is 40.1 Å². The number of rotatable bonds is 4. The molecule has 0 radical (unpaired) electrons. The van der Waals surface area contributed by atoms with E-state index in [0.29, 0.717) is 34.6 Å². The van der Waals surface area contributed by atoms with Crippen molar-refractivity contribution in [3.63, 3.8) is 0 Å². The molecule has 2 aromatic carbocycles. The minimum absolute atomic E-state index is 0.0559. The van der Waals surface area contributed by atoms with Crippen molar-refractivity contribution in [2.45, 2.75) is 31.7 Å². The number of pyridine rings is 1. The van der Waals surface area contributed by atoms with Crippen LogP contribution in [0.15, 0.2) is 76.4 Å². The van der Waals surface area contributed by atoms with E-state index in [1.807, 2.05) is 35.9 Å². The van der Waals surface area contributed by atoms with E-state index < -0.39 is 0 Å². The van der Waals surface area contributed by atoms with Crippen LogP contribution < -0.4 is 5.56 Å². The third-order valence-electron chi connectivity index (χ3n) is 7.44. The molecule has 0 N–H and O–H groups in total. The van der Waals surface area contributed by atoms with Gasteiger partial charge in [0.15, 0.2) is 0 Å². The largest absolute Gasteiger partial charge is 0.305 e. The Hall–Kier alpha value is -3.91. The van der Waals surface area contributed by atoms with Gasteiger partial charge in [0.2, 0.25) is 0 Å². The number of hydrogen-bond donors (Lipinski definition) is 0. The van der Waals surface area contributed by atoms with Gasteiger partial charge < -0.3 is 4.57 Å². The number of benzene rings is 2. The summed E-state index contributed by atoms with van der Waals surface area (Å²) in [6.07, 6.45) is 4.91. The second-order valence-electron chi connectivity index (χ2n) is 9.68. The van der Waals surface area contributed by atoms with Crippen LogP contribution in [-0.2, 0) is 0 Å². The summed E-state index contributed by atoms with van der Waals surface area (Å²) in [5.74, 6) is 0.413. The Morgan fingerprint density at radius 3 is 2.78 bits per heavy atom. The topological polar surface area (TPSA) is 78.0 Å². The van der Waals surface area contributed by atoms with E-state index in [1.54, 1.807) is 22.9 Å². The monoisotopic (exact) mass is 498 g/mol. The van der Waals surface area contributed by atoms with Gasteiger partial charge in [-0.25, -0.2) is 4.39 Å². The van der Waals surface area contributed by atoms with E-state index in [9.17, 15) is 9.18 Å². The Labute approximate surface area is 210 Å². The van der Waals surface area contributed by atoms with Gasteiger partial charge in [0.1, 0.15) is 12.1 Å². The molecule has 1 aliphatic carbocycles. The van der Waals surface area contributed by atoms with E-state index >= 15 is 0 Å². The van der Waals surface area contributed by atoms with Crippen molar-refractivity contribution in [2.24, 2.45) is 10.9 Å². The number of hydrogen-bond acceptors (Lipinski definition) is 5. The minimum Gasteiger partial charge on any atom is -0.305 e. The fraction of sp³-hybridized carbons (Fsp3) is 0.222. The maximum Gasteiger partial charge on any atom is 0.251 e. The average Bonchev–Trinajstić information content (AvgIpc) is 3.20. The molecule has 3 unspecified atom stereocenters. The van der Waals surface area contributed by atoms with Crippen molar-refractivity contribution in [2.75, 3.05) is 0 Å². The number of aliphatic imine (C=N–C) groups is 1. The second-order valence-corrected chi connectivity index (χ2v) is 10.1. The Kier molecular flexibility index (Phi) is 4.63. The zero-order valence-electron chi connectivity index (χ0n) is 19.3. The van der Waals surface area contributed by atoms with E-state index in [1.165, 1.54) is 12.4 Å². The normalized spacial score (nSPS) is 21.7. The van der Waals surface area contributed by atoms with E-state index in [-0.39, 0.29) is 17.4 Å². The lowest BCUT2D eigenvalue weighted by molar-refractivity contribution is 0.524. The predicted molar refractivity (Wildman–Crippen MR) is 134 cm³/mol. The fourth-order valence-corrected chi connectivity index (χ4v) is 5.90. The Morgan fingerprint density at radius 1 is 1.08 bits per heavy atom. The summed E-state index contributed by atoms with van der Waals surface area (Å²) in [6, 6.07) is 14.3. The zero-order chi connectivity index (χ0) is 24.6. The lowest BCUT2D eigenvalue weighted by atomic mass is 9.96. The van der Waals surface area contributed by atoms with Crippen molar-refractivity contribution < 1.29 is 4.39 Å². The van der Waals surface area contributed by atoms with Gasteiger partial charge in [-0.1, -0.05) is 17.7 Å². The van der Waals surface area contributed by atoms with Gasteiger partial charge in [-0.3, -0.25) is 9.79 Å². The van der Waals surface area contributed by atoms with Crippen LogP contribution >= 0.6 is 11.6 Å². The maximum atomic E-state index is 14.6. The lowest BCUT2D eigenvalue weighted by Crippen LogP contribution is -2.26. The highest BCUT2D eigenvalue weighted by Crippen LogP contribution is 2.61. The summed E-state index contributed by atoms with van der Waals surface area (Å²) in [4.78, 5) is 18.1. The molecule has 1 saturated carbocycles. The van der Waals surface area contributed by atoms with Crippen LogP contribution in [0.3, 0.4) is 0 Å². The number of halogens is 2. The first-order valence-corrected chi connectivity index (χ1v) is 12.2. The minimum atomic E-state index is -0.263. The summed E-state index contributed by atoms with van der Waals surface area (Å²) in [5.41, 5.74) is 6.43. The van der Waals surface area contributed by atoms with Crippen molar-refractivity contribution in [3.05, 3.63) is 105 Å². The third kappa shape index (κ3) is 3.28. The summed E-state index contributed by atoms with van der Waals surface area (Å²) in [7, 11) is 0. The highest BCUT2D eigenvalue weighted by Gasteiger charge is 2.54. The Morgan fingerprint density at radius 2 is 1.97 bits per heavy atom. The van der Waals surface area contributed by atoms with Crippen molar-refractivity contribution in [1.82, 2.24) is 24.8 Å². The molecule has 2 aromatic heterocycles. The predicted octanol–water partition coefficient (Wildman–Crippen LogP) is 5.03. The molecule has 0 saturated heterocycles. The molecule has 0 amide bonds. The highest BCUT2D eigenvalue weighted by atomic mass is 35.5. The highest BCUT2D eigenvalue weighted by molar-refractivity contribution is 6.31. The Bertz CT molecular complexity index is 1670. The Balaban J connectivity index is 1.25. The van der Waals surface area contributed by atoms with Gasteiger partial charge in [0.05, 0.1) is 17.4 Å². The molecule has 178 valence electrons. The van der Waals surface area contributed by atoms with Crippen LogP contribution in [0.2, 0.25) is 5.02 Å².